The first kappa shape index (κ1) is 22.3. The molecular formula is C22H27N4O6P. The predicted molar refractivity (Wildman–Crippen MR) is 123 cm³/mol. The van der Waals surface area contributed by atoms with E-state index in [0.29, 0.717) is 68.4 Å². The molecule has 1 atom stereocenters. The summed E-state index contributed by atoms with van der Waals surface area (Å²) in [5, 5.41) is 0.506. The van der Waals surface area contributed by atoms with Gasteiger partial charge in [0.2, 0.25) is 0 Å². The van der Waals surface area contributed by atoms with Crippen LogP contribution < -0.4 is 10.3 Å². The zero-order chi connectivity index (χ0) is 23.2. The molecule has 33 heavy (non-hydrogen) atoms. The SMILES string of the molecule is Cn1cc(-c2ccncc2OC2COC2)c2oc(CN3CCN(P(C)(=O)O)CC3)cc2c1=O. The van der Waals surface area contributed by atoms with Gasteiger partial charge in [-0.2, -0.15) is 0 Å². The van der Waals surface area contributed by atoms with Gasteiger partial charge in [0.1, 0.15) is 23.2 Å². The summed E-state index contributed by atoms with van der Waals surface area (Å²) in [6.07, 6.45) is 5.10. The molecule has 5 rings (SSSR count). The third-order valence-corrected chi connectivity index (χ3v) is 7.58. The summed E-state index contributed by atoms with van der Waals surface area (Å²) in [5.41, 5.74) is 1.94. The quantitative estimate of drug-likeness (QED) is 0.536. The summed E-state index contributed by atoms with van der Waals surface area (Å²) < 4.78 is 32.5. The Labute approximate surface area is 190 Å². The second kappa shape index (κ2) is 8.70. The van der Waals surface area contributed by atoms with Crippen LogP contribution >= 0.6 is 7.52 Å². The Bertz CT molecular complexity index is 1270. The number of aryl methyl sites for hydroxylation is 1. The van der Waals surface area contributed by atoms with E-state index in [1.807, 2.05) is 6.07 Å². The highest BCUT2D eigenvalue weighted by molar-refractivity contribution is 7.54. The molecule has 176 valence electrons. The lowest BCUT2D eigenvalue weighted by Gasteiger charge is -2.35. The van der Waals surface area contributed by atoms with Crippen molar-refractivity contribution >= 4 is 18.5 Å². The Kier molecular flexibility index (Phi) is 5.88. The van der Waals surface area contributed by atoms with Crippen molar-refractivity contribution < 1.29 is 23.3 Å². The van der Waals surface area contributed by atoms with Crippen LogP contribution in [0.2, 0.25) is 0 Å². The van der Waals surface area contributed by atoms with Crippen molar-refractivity contribution in [3.63, 3.8) is 0 Å². The molecule has 10 nitrogen and oxygen atoms in total. The molecule has 5 heterocycles. The maximum absolute atomic E-state index is 12.9. The molecule has 2 aliphatic rings. The first-order chi connectivity index (χ1) is 15.8. The minimum atomic E-state index is -3.23. The lowest BCUT2D eigenvalue weighted by molar-refractivity contribution is -0.0795. The van der Waals surface area contributed by atoms with Gasteiger partial charge in [0.15, 0.2) is 0 Å². The summed E-state index contributed by atoms with van der Waals surface area (Å²) in [4.78, 5) is 29.0. The molecule has 0 aliphatic carbocycles. The number of ether oxygens (including phenoxy) is 2. The van der Waals surface area contributed by atoms with Crippen LogP contribution in [0.1, 0.15) is 5.76 Å². The van der Waals surface area contributed by atoms with Crippen LogP contribution in [0.5, 0.6) is 5.75 Å². The van der Waals surface area contributed by atoms with E-state index in [9.17, 15) is 14.3 Å². The van der Waals surface area contributed by atoms with Gasteiger partial charge in [-0.15, -0.1) is 0 Å². The van der Waals surface area contributed by atoms with Gasteiger partial charge in [-0.25, -0.2) is 4.67 Å². The first-order valence-corrected chi connectivity index (χ1v) is 12.9. The molecule has 0 aromatic carbocycles. The molecule has 1 unspecified atom stereocenters. The third-order valence-electron chi connectivity index (χ3n) is 6.13. The zero-order valence-electron chi connectivity index (χ0n) is 18.6. The molecule has 2 aliphatic heterocycles. The number of furan rings is 1. The number of pyridine rings is 2. The van der Waals surface area contributed by atoms with E-state index in [1.54, 1.807) is 40.9 Å². The van der Waals surface area contributed by atoms with Crippen molar-refractivity contribution in [3.05, 3.63) is 46.8 Å². The molecule has 3 aromatic heterocycles. The van der Waals surface area contributed by atoms with Gasteiger partial charge in [-0.05, 0) is 12.1 Å². The molecule has 0 radical (unpaired) electrons. The van der Waals surface area contributed by atoms with Crippen LogP contribution in [0.4, 0.5) is 0 Å². The van der Waals surface area contributed by atoms with Crippen molar-refractivity contribution in [1.29, 1.82) is 0 Å². The van der Waals surface area contributed by atoms with Gasteiger partial charge in [0.25, 0.3) is 13.1 Å². The number of rotatable bonds is 6. The first-order valence-electron chi connectivity index (χ1n) is 10.9. The highest BCUT2D eigenvalue weighted by Gasteiger charge is 2.28. The maximum atomic E-state index is 12.9. The normalized spacial score (nSPS) is 20.0. The van der Waals surface area contributed by atoms with Gasteiger partial charge in [-0.3, -0.25) is 19.2 Å². The highest BCUT2D eigenvalue weighted by atomic mass is 31.2. The summed E-state index contributed by atoms with van der Waals surface area (Å²) in [6.45, 7) is 5.29. The fraction of sp³-hybridized carbons (Fsp3) is 0.455. The second-order valence-electron chi connectivity index (χ2n) is 8.63. The van der Waals surface area contributed by atoms with Crippen molar-refractivity contribution in [2.45, 2.75) is 12.6 Å². The van der Waals surface area contributed by atoms with E-state index in [-0.39, 0.29) is 11.7 Å². The smallest absolute Gasteiger partial charge is 0.266 e. The van der Waals surface area contributed by atoms with Gasteiger partial charge < -0.3 is 23.4 Å². The molecule has 1 N–H and O–H groups in total. The maximum Gasteiger partial charge on any atom is 0.266 e. The largest absolute Gasteiger partial charge is 0.483 e. The van der Waals surface area contributed by atoms with Crippen LogP contribution in [0, 0.1) is 0 Å². The molecule has 2 fully saturated rings. The molecule has 0 amide bonds. The number of nitrogens with zero attached hydrogens (tertiary/aromatic N) is 4. The number of fused-ring (bicyclic) bond motifs is 1. The lowest BCUT2D eigenvalue weighted by Crippen LogP contribution is -2.44. The molecule has 11 heteroatoms. The van der Waals surface area contributed by atoms with E-state index >= 15 is 0 Å². The third kappa shape index (κ3) is 4.49. The average Bonchev–Trinajstić information content (AvgIpc) is 3.17. The van der Waals surface area contributed by atoms with Crippen LogP contribution in [0.25, 0.3) is 22.1 Å². The summed E-state index contributed by atoms with van der Waals surface area (Å²) in [6, 6.07) is 3.65. The number of aromatic nitrogens is 2. The molecule has 0 saturated carbocycles. The minimum absolute atomic E-state index is 0.0147. The lowest BCUT2D eigenvalue weighted by atomic mass is 10.1. The predicted octanol–water partition coefficient (Wildman–Crippen LogP) is 1.90. The Morgan fingerprint density at radius 2 is 2.00 bits per heavy atom. The minimum Gasteiger partial charge on any atom is -0.483 e. The van der Waals surface area contributed by atoms with E-state index in [0.717, 1.165) is 11.1 Å². The topological polar surface area (TPSA) is 110 Å². The van der Waals surface area contributed by atoms with Crippen molar-refractivity contribution in [2.75, 3.05) is 46.1 Å². The van der Waals surface area contributed by atoms with Gasteiger partial charge in [-0.1, -0.05) is 0 Å². The summed E-state index contributed by atoms with van der Waals surface area (Å²) >= 11 is 0. The standard InChI is InChI=1S/C22H27N4O6P/c1-24-12-19(17-3-4-23-10-20(17)31-16-13-30-14-16)21-18(22(24)27)9-15(32-21)11-25-5-7-26(8-6-25)33(2,28)29/h3-4,9-10,12,16H,5-8,11,13-14H2,1-2H3,(H,28,29). The van der Waals surface area contributed by atoms with Crippen LogP contribution in [0.3, 0.4) is 0 Å². The van der Waals surface area contributed by atoms with Crippen LogP contribution in [-0.2, 0) is 22.9 Å². The van der Waals surface area contributed by atoms with Gasteiger partial charge in [0.05, 0.1) is 31.3 Å². The number of hydrogen-bond donors (Lipinski definition) is 1. The van der Waals surface area contributed by atoms with Crippen LogP contribution in [0.15, 0.2) is 39.9 Å². The van der Waals surface area contributed by atoms with E-state index < -0.39 is 7.52 Å². The zero-order valence-corrected chi connectivity index (χ0v) is 19.5. The molecule has 3 aromatic rings. The monoisotopic (exact) mass is 474 g/mol. The van der Waals surface area contributed by atoms with E-state index in [1.165, 1.54) is 6.66 Å². The van der Waals surface area contributed by atoms with Gasteiger partial charge >= 0.3 is 0 Å². The fourth-order valence-corrected chi connectivity index (χ4v) is 5.14. The molecule has 2 saturated heterocycles. The molecule has 0 spiro atoms. The van der Waals surface area contributed by atoms with Crippen molar-refractivity contribution in [1.82, 2.24) is 19.1 Å². The number of piperazine rings is 1. The Morgan fingerprint density at radius 3 is 2.67 bits per heavy atom. The van der Waals surface area contributed by atoms with E-state index in [2.05, 4.69) is 9.88 Å². The Morgan fingerprint density at radius 1 is 1.24 bits per heavy atom. The fourth-order valence-electron chi connectivity index (χ4n) is 4.22. The molecule has 0 bridgehead atoms. The van der Waals surface area contributed by atoms with E-state index in [4.69, 9.17) is 13.9 Å². The summed E-state index contributed by atoms with van der Waals surface area (Å²) in [7, 11) is -1.51. The summed E-state index contributed by atoms with van der Waals surface area (Å²) in [5.74, 6) is 1.29. The Hall–Kier alpha value is -2.49. The highest BCUT2D eigenvalue weighted by Crippen LogP contribution is 2.41. The Balaban J connectivity index is 1.46. The van der Waals surface area contributed by atoms with Crippen molar-refractivity contribution in [3.8, 4) is 16.9 Å². The molecular weight excluding hydrogens is 447 g/mol. The second-order valence-corrected chi connectivity index (χ2v) is 10.9. The average molecular weight is 474 g/mol. The van der Waals surface area contributed by atoms with Crippen molar-refractivity contribution in [2.24, 2.45) is 7.05 Å². The van der Waals surface area contributed by atoms with Crippen LogP contribution in [-0.4, -0.2) is 76.2 Å². The number of hydrogen-bond acceptors (Lipinski definition) is 7. The van der Waals surface area contributed by atoms with Gasteiger partial charge in [0, 0.05) is 63.4 Å².